The minimum Gasteiger partial charge on any atom is -0.206 e. The molecule has 0 nitrogen and oxygen atoms in total. The van der Waals surface area contributed by atoms with Gasteiger partial charge >= 0.3 is 0 Å². The molecule has 0 saturated heterocycles. The van der Waals surface area contributed by atoms with Crippen molar-refractivity contribution in [2.75, 3.05) is 0 Å². The summed E-state index contributed by atoms with van der Waals surface area (Å²) in [5.74, 6) is -0.177. The van der Waals surface area contributed by atoms with Gasteiger partial charge in [0.05, 0.1) is 5.56 Å². The van der Waals surface area contributed by atoms with Crippen molar-refractivity contribution in [3.05, 3.63) is 65.5 Å². The van der Waals surface area contributed by atoms with Crippen molar-refractivity contribution >= 4 is 11.8 Å². The summed E-state index contributed by atoms with van der Waals surface area (Å²) in [6.45, 7) is 0. The Labute approximate surface area is 108 Å². The van der Waals surface area contributed by atoms with Gasteiger partial charge in [0.1, 0.15) is 5.82 Å². The molecule has 0 amide bonds. The summed E-state index contributed by atoms with van der Waals surface area (Å²) in [6, 6.07) is 13.5. The molecule has 0 spiro atoms. The highest BCUT2D eigenvalue weighted by atomic mass is 32.2. The number of halogens is 3. The van der Waals surface area contributed by atoms with Crippen LogP contribution in [0.25, 0.3) is 0 Å². The third-order valence-electron chi connectivity index (χ3n) is 2.45. The van der Waals surface area contributed by atoms with E-state index in [0.717, 1.165) is 11.6 Å². The normalized spacial score (nSPS) is 10.9. The lowest BCUT2D eigenvalue weighted by Crippen LogP contribution is -1.91. The van der Waals surface area contributed by atoms with Crippen LogP contribution in [0.1, 0.15) is 17.6 Å². The van der Waals surface area contributed by atoms with Gasteiger partial charge in [-0.1, -0.05) is 30.3 Å². The van der Waals surface area contributed by atoms with E-state index in [9.17, 15) is 13.2 Å². The van der Waals surface area contributed by atoms with E-state index in [0.29, 0.717) is 10.6 Å². The first-order valence-corrected chi connectivity index (χ1v) is 6.39. The fourth-order valence-corrected chi connectivity index (χ4v) is 2.42. The van der Waals surface area contributed by atoms with Crippen LogP contribution in [0.15, 0.2) is 53.4 Å². The largest absolute Gasteiger partial charge is 0.266 e. The number of benzene rings is 2. The van der Waals surface area contributed by atoms with Gasteiger partial charge in [-0.15, -0.1) is 11.8 Å². The first-order chi connectivity index (χ1) is 8.66. The molecular formula is C14H11F3S. The first kappa shape index (κ1) is 13.0. The summed E-state index contributed by atoms with van der Waals surface area (Å²) in [7, 11) is 0. The van der Waals surface area contributed by atoms with Gasteiger partial charge in [0, 0.05) is 10.6 Å². The van der Waals surface area contributed by atoms with Crippen molar-refractivity contribution in [1.29, 1.82) is 0 Å². The molecule has 0 aliphatic carbocycles. The Morgan fingerprint density at radius 3 is 2.39 bits per heavy atom. The topological polar surface area (TPSA) is 0 Å². The zero-order valence-corrected chi connectivity index (χ0v) is 10.3. The Hall–Kier alpha value is -1.42. The highest BCUT2D eigenvalue weighted by molar-refractivity contribution is 7.98. The van der Waals surface area contributed by atoms with Gasteiger partial charge in [0.2, 0.25) is 0 Å². The van der Waals surface area contributed by atoms with Gasteiger partial charge in [0.15, 0.2) is 0 Å². The molecule has 0 saturated carbocycles. The molecule has 0 heterocycles. The number of alkyl halides is 2. The lowest BCUT2D eigenvalue weighted by Gasteiger charge is -2.06. The molecule has 18 heavy (non-hydrogen) atoms. The second-order valence-corrected chi connectivity index (χ2v) is 4.81. The molecule has 0 atom stereocenters. The summed E-state index contributed by atoms with van der Waals surface area (Å²) in [4.78, 5) is 0.649. The van der Waals surface area contributed by atoms with E-state index in [2.05, 4.69) is 0 Å². The van der Waals surface area contributed by atoms with E-state index in [4.69, 9.17) is 0 Å². The molecule has 0 fully saturated rings. The third-order valence-corrected chi connectivity index (χ3v) is 3.52. The Balaban J connectivity index is 2.08. The van der Waals surface area contributed by atoms with E-state index in [-0.39, 0.29) is 0 Å². The van der Waals surface area contributed by atoms with Crippen molar-refractivity contribution < 1.29 is 13.2 Å². The molecule has 0 bridgehead atoms. The average molecular weight is 268 g/mol. The molecule has 4 heteroatoms. The quantitative estimate of drug-likeness (QED) is 0.699. The zero-order chi connectivity index (χ0) is 13.0. The molecule has 2 aromatic carbocycles. The second-order valence-electron chi connectivity index (χ2n) is 3.76. The van der Waals surface area contributed by atoms with Crippen molar-refractivity contribution in [1.82, 2.24) is 0 Å². The van der Waals surface area contributed by atoms with Gasteiger partial charge in [-0.05, 0) is 23.8 Å². The number of hydrogen-bond donors (Lipinski definition) is 0. The zero-order valence-electron chi connectivity index (χ0n) is 9.45. The number of thioether (sulfide) groups is 1. The van der Waals surface area contributed by atoms with E-state index in [1.165, 1.54) is 23.9 Å². The van der Waals surface area contributed by atoms with Crippen molar-refractivity contribution in [2.45, 2.75) is 17.1 Å². The fraction of sp³-hybridized carbons (Fsp3) is 0.143. The van der Waals surface area contributed by atoms with Gasteiger partial charge in [-0.25, -0.2) is 13.2 Å². The maximum atomic E-state index is 13.1. The minimum atomic E-state index is -2.78. The Morgan fingerprint density at radius 2 is 1.72 bits per heavy atom. The van der Waals surface area contributed by atoms with Crippen molar-refractivity contribution in [3.63, 3.8) is 0 Å². The van der Waals surface area contributed by atoms with Gasteiger partial charge in [-0.3, -0.25) is 0 Å². The summed E-state index contributed by atoms with van der Waals surface area (Å²) in [6.07, 6.45) is -2.78. The summed E-state index contributed by atoms with van der Waals surface area (Å²) in [5.41, 5.74) is 0.568. The predicted molar refractivity (Wildman–Crippen MR) is 67.4 cm³/mol. The molecule has 0 N–H and O–H groups in total. The van der Waals surface area contributed by atoms with Crippen LogP contribution < -0.4 is 0 Å². The second kappa shape index (κ2) is 5.96. The molecule has 0 unspecified atom stereocenters. The van der Waals surface area contributed by atoms with Crippen molar-refractivity contribution in [2.24, 2.45) is 0 Å². The van der Waals surface area contributed by atoms with Gasteiger partial charge in [-0.2, -0.15) is 0 Å². The standard InChI is InChI=1S/C14H11F3S/c15-13-7-6-11(8-12(13)14(16)17)18-9-10-4-2-1-3-5-10/h1-8,14H,9H2. The average Bonchev–Trinajstić information content (AvgIpc) is 2.38. The molecule has 0 aliphatic heterocycles. The highest BCUT2D eigenvalue weighted by Gasteiger charge is 2.13. The summed E-state index contributed by atoms with van der Waals surface area (Å²) < 4.78 is 38.1. The lowest BCUT2D eigenvalue weighted by atomic mass is 10.2. The maximum absolute atomic E-state index is 13.1. The SMILES string of the molecule is Fc1ccc(SCc2ccccc2)cc1C(F)F. The van der Waals surface area contributed by atoms with Crippen LogP contribution in [0, 0.1) is 5.82 Å². The summed E-state index contributed by atoms with van der Waals surface area (Å²) in [5, 5.41) is 0. The fourth-order valence-electron chi connectivity index (χ4n) is 1.52. The van der Waals surface area contributed by atoms with Crippen LogP contribution >= 0.6 is 11.8 Å². The van der Waals surface area contributed by atoms with Crippen LogP contribution in [-0.2, 0) is 5.75 Å². The molecule has 94 valence electrons. The molecule has 0 radical (unpaired) electrons. The minimum absolute atomic E-state index is 0.534. The van der Waals surface area contributed by atoms with E-state index in [1.807, 2.05) is 30.3 Å². The van der Waals surface area contributed by atoms with Crippen LogP contribution in [0.4, 0.5) is 13.2 Å². The molecule has 0 aromatic heterocycles. The predicted octanol–water partition coefficient (Wildman–Crippen LogP) is 5.06. The van der Waals surface area contributed by atoms with E-state index < -0.39 is 17.8 Å². The molecule has 2 aromatic rings. The monoisotopic (exact) mass is 268 g/mol. The van der Waals surface area contributed by atoms with Gasteiger partial charge < -0.3 is 0 Å². The van der Waals surface area contributed by atoms with Crippen LogP contribution in [0.2, 0.25) is 0 Å². The molecular weight excluding hydrogens is 257 g/mol. The highest BCUT2D eigenvalue weighted by Crippen LogP contribution is 2.29. The smallest absolute Gasteiger partial charge is 0.206 e. The van der Waals surface area contributed by atoms with Crippen molar-refractivity contribution in [3.8, 4) is 0 Å². The third kappa shape index (κ3) is 3.29. The summed E-state index contributed by atoms with van der Waals surface area (Å²) >= 11 is 1.41. The maximum Gasteiger partial charge on any atom is 0.266 e. The molecule has 2 rings (SSSR count). The first-order valence-electron chi connectivity index (χ1n) is 5.41. The Kier molecular flexibility index (Phi) is 4.31. The van der Waals surface area contributed by atoms with Crippen LogP contribution in [0.3, 0.4) is 0 Å². The Morgan fingerprint density at radius 1 is 1.00 bits per heavy atom. The number of hydrogen-bond acceptors (Lipinski definition) is 1. The van der Waals surface area contributed by atoms with E-state index >= 15 is 0 Å². The lowest BCUT2D eigenvalue weighted by molar-refractivity contribution is 0.146. The molecule has 0 aliphatic rings. The Bertz CT molecular complexity index is 512. The number of rotatable bonds is 4. The van der Waals surface area contributed by atoms with E-state index in [1.54, 1.807) is 0 Å². The van der Waals surface area contributed by atoms with Crippen LogP contribution in [-0.4, -0.2) is 0 Å². The van der Waals surface area contributed by atoms with Crippen LogP contribution in [0.5, 0.6) is 0 Å². The van der Waals surface area contributed by atoms with Gasteiger partial charge in [0.25, 0.3) is 6.43 Å².